The quantitative estimate of drug-likeness (QED) is 0.845. The Morgan fingerprint density at radius 3 is 2.52 bits per heavy atom. The summed E-state index contributed by atoms with van der Waals surface area (Å²) >= 11 is 0. The summed E-state index contributed by atoms with van der Waals surface area (Å²) in [4.78, 5) is 24.3. The second-order valence-corrected chi connectivity index (χ2v) is 6.95. The fraction of sp³-hybridized carbons (Fsp3) is 0.684. The normalized spacial score (nSPS) is 19.8. The van der Waals surface area contributed by atoms with Gasteiger partial charge in [0.1, 0.15) is 5.82 Å². The highest BCUT2D eigenvalue weighted by atomic mass is 16.1. The molecule has 25 heavy (non-hydrogen) atoms. The van der Waals surface area contributed by atoms with Crippen molar-refractivity contribution in [2.24, 2.45) is 0 Å². The van der Waals surface area contributed by atoms with Gasteiger partial charge in [0, 0.05) is 58.6 Å². The van der Waals surface area contributed by atoms with Gasteiger partial charge >= 0.3 is 0 Å². The molecule has 6 nitrogen and oxygen atoms in total. The van der Waals surface area contributed by atoms with Gasteiger partial charge < -0.3 is 15.1 Å². The van der Waals surface area contributed by atoms with Crippen LogP contribution in [0.2, 0.25) is 0 Å². The molecule has 0 unspecified atom stereocenters. The third kappa shape index (κ3) is 4.92. The molecule has 1 aromatic heterocycles. The summed E-state index contributed by atoms with van der Waals surface area (Å²) in [6.07, 6.45) is 5.42. The Labute approximate surface area is 151 Å². The van der Waals surface area contributed by atoms with E-state index in [2.05, 4.69) is 31.9 Å². The molecule has 0 aliphatic carbocycles. The zero-order valence-corrected chi connectivity index (χ0v) is 15.4. The third-order valence-corrected chi connectivity index (χ3v) is 5.31. The maximum absolute atomic E-state index is 12.6. The van der Waals surface area contributed by atoms with Gasteiger partial charge in [-0.3, -0.25) is 9.69 Å². The molecule has 6 heteroatoms. The lowest BCUT2D eigenvalue weighted by Gasteiger charge is -2.34. The van der Waals surface area contributed by atoms with Gasteiger partial charge in [0.25, 0.3) is 5.91 Å². The minimum Gasteiger partial charge on any atom is -0.356 e. The van der Waals surface area contributed by atoms with Gasteiger partial charge in [-0.15, -0.1) is 0 Å². The minimum atomic E-state index is 0.000803. The van der Waals surface area contributed by atoms with Gasteiger partial charge in [-0.1, -0.05) is 6.92 Å². The van der Waals surface area contributed by atoms with Crippen LogP contribution in [0.3, 0.4) is 0 Å². The highest BCUT2D eigenvalue weighted by molar-refractivity contribution is 5.98. The molecule has 2 aliphatic heterocycles. The Balaban J connectivity index is 1.50. The predicted molar refractivity (Wildman–Crippen MR) is 101 cm³/mol. The maximum atomic E-state index is 12.6. The summed E-state index contributed by atoms with van der Waals surface area (Å²) < 4.78 is 0. The molecule has 2 aliphatic rings. The Morgan fingerprint density at radius 1 is 1.08 bits per heavy atom. The summed E-state index contributed by atoms with van der Waals surface area (Å²) in [5.41, 5.74) is 0.709. The summed E-state index contributed by atoms with van der Waals surface area (Å²) in [5, 5.41) is 3.09. The second kappa shape index (κ2) is 9.15. The van der Waals surface area contributed by atoms with E-state index in [4.69, 9.17) is 0 Å². The van der Waals surface area contributed by atoms with Crippen LogP contribution < -0.4 is 10.2 Å². The number of hydrogen-bond acceptors (Lipinski definition) is 5. The van der Waals surface area contributed by atoms with Crippen LogP contribution >= 0.6 is 0 Å². The van der Waals surface area contributed by atoms with E-state index in [9.17, 15) is 4.79 Å². The van der Waals surface area contributed by atoms with Crippen LogP contribution in [0.15, 0.2) is 18.3 Å². The molecule has 138 valence electrons. The Morgan fingerprint density at radius 2 is 1.80 bits per heavy atom. The molecule has 1 amide bonds. The zero-order chi connectivity index (χ0) is 17.5. The molecular formula is C19H31N5O. The molecule has 2 fully saturated rings. The lowest BCUT2D eigenvalue weighted by molar-refractivity contribution is 0.0938. The lowest BCUT2D eigenvalue weighted by Crippen LogP contribution is -2.48. The summed E-state index contributed by atoms with van der Waals surface area (Å²) in [6.45, 7) is 11.4. The molecule has 0 saturated carbocycles. The van der Waals surface area contributed by atoms with E-state index in [1.165, 1.54) is 19.3 Å². The van der Waals surface area contributed by atoms with E-state index in [0.717, 1.165) is 58.2 Å². The number of rotatable bonds is 6. The number of aromatic nitrogens is 1. The predicted octanol–water partition coefficient (Wildman–Crippen LogP) is 1.44. The molecule has 0 aromatic carbocycles. The average Bonchev–Trinajstić information content (AvgIpc) is 2.69. The molecule has 0 spiro atoms. The van der Waals surface area contributed by atoms with Crippen molar-refractivity contribution in [3.05, 3.63) is 23.9 Å². The summed E-state index contributed by atoms with van der Waals surface area (Å²) in [5.74, 6) is 0.845. The minimum absolute atomic E-state index is 0.000803. The summed E-state index contributed by atoms with van der Waals surface area (Å²) in [7, 11) is 0. The molecule has 0 bridgehead atoms. The van der Waals surface area contributed by atoms with Crippen molar-refractivity contribution in [2.45, 2.75) is 26.2 Å². The number of hydrogen-bond donors (Lipinski definition) is 1. The van der Waals surface area contributed by atoms with E-state index in [-0.39, 0.29) is 5.91 Å². The zero-order valence-electron chi connectivity index (χ0n) is 15.4. The van der Waals surface area contributed by atoms with Gasteiger partial charge in [-0.2, -0.15) is 0 Å². The van der Waals surface area contributed by atoms with Crippen LogP contribution in [-0.2, 0) is 0 Å². The number of piperazine rings is 1. The number of nitrogens with zero attached hydrogens (tertiary/aromatic N) is 4. The standard InChI is InChI=1S/C19H31N5O/c1-2-22-13-15-23(16-14-22)12-9-21-19(25)17-7-6-8-20-18(17)24-10-4-3-5-11-24/h6-8H,2-5,9-16H2,1H3,(H,21,25). The largest absolute Gasteiger partial charge is 0.356 e. The Bertz CT molecular complexity index is 551. The number of nitrogens with one attached hydrogen (secondary N) is 1. The van der Waals surface area contributed by atoms with Crippen molar-refractivity contribution in [1.82, 2.24) is 20.1 Å². The number of carbonyl (C=O) groups excluding carboxylic acids is 1. The monoisotopic (exact) mass is 345 g/mol. The topological polar surface area (TPSA) is 51.7 Å². The van der Waals surface area contributed by atoms with Crippen molar-refractivity contribution in [1.29, 1.82) is 0 Å². The van der Waals surface area contributed by atoms with E-state index in [1.807, 2.05) is 12.1 Å². The van der Waals surface area contributed by atoms with Crippen molar-refractivity contribution < 1.29 is 4.79 Å². The molecule has 0 atom stereocenters. The van der Waals surface area contributed by atoms with Crippen LogP contribution in [0.1, 0.15) is 36.5 Å². The number of carbonyl (C=O) groups is 1. The number of pyridine rings is 1. The average molecular weight is 345 g/mol. The van der Waals surface area contributed by atoms with Gasteiger partial charge in [0.15, 0.2) is 0 Å². The fourth-order valence-corrected chi connectivity index (χ4v) is 3.68. The number of piperidine rings is 1. The second-order valence-electron chi connectivity index (χ2n) is 6.95. The van der Waals surface area contributed by atoms with E-state index in [1.54, 1.807) is 6.20 Å². The first-order chi connectivity index (χ1) is 12.3. The highest BCUT2D eigenvalue weighted by Crippen LogP contribution is 2.21. The Kier molecular flexibility index (Phi) is 6.64. The van der Waals surface area contributed by atoms with Gasteiger partial charge in [-0.25, -0.2) is 4.98 Å². The van der Waals surface area contributed by atoms with Crippen molar-refractivity contribution in [2.75, 3.05) is 63.8 Å². The first kappa shape index (κ1) is 18.1. The SMILES string of the molecule is CCN1CCN(CCNC(=O)c2cccnc2N2CCCCC2)CC1. The number of amides is 1. The lowest BCUT2D eigenvalue weighted by atomic mass is 10.1. The first-order valence-corrected chi connectivity index (χ1v) is 9.71. The smallest absolute Gasteiger partial charge is 0.255 e. The van der Waals surface area contributed by atoms with Gasteiger partial charge in [0.05, 0.1) is 5.56 Å². The molecular weight excluding hydrogens is 314 g/mol. The van der Waals surface area contributed by atoms with E-state index < -0.39 is 0 Å². The van der Waals surface area contributed by atoms with Gasteiger partial charge in [0.2, 0.25) is 0 Å². The molecule has 0 radical (unpaired) electrons. The van der Waals surface area contributed by atoms with Crippen LogP contribution in [0.4, 0.5) is 5.82 Å². The molecule has 2 saturated heterocycles. The highest BCUT2D eigenvalue weighted by Gasteiger charge is 2.20. The number of likely N-dealkylation sites (N-methyl/N-ethyl adjacent to an activating group) is 1. The van der Waals surface area contributed by atoms with E-state index >= 15 is 0 Å². The molecule has 3 heterocycles. The van der Waals surface area contributed by atoms with Crippen molar-refractivity contribution in [3.63, 3.8) is 0 Å². The van der Waals surface area contributed by atoms with E-state index in [0.29, 0.717) is 12.1 Å². The van der Waals surface area contributed by atoms with Crippen molar-refractivity contribution in [3.8, 4) is 0 Å². The van der Waals surface area contributed by atoms with Crippen LogP contribution in [0.25, 0.3) is 0 Å². The number of anilines is 1. The first-order valence-electron chi connectivity index (χ1n) is 9.71. The van der Waals surface area contributed by atoms with Crippen LogP contribution in [-0.4, -0.2) is 79.6 Å². The third-order valence-electron chi connectivity index (χ3n) is 5.31. The summed E-state index contributed by atoms with van der Waals surface area (Å²) in [6, 6.07) is 3.75. The molecule has 1 aromatic rings. The van der Waals surface area contributed by atoms with Crippen molar-refractivity contribution >= 4 is 11.7 Å². The Hall–Kier alpha value is -1.66. The molecule has 1 N–H and O–H groups in total. The van der Waals surface area contributed by atoms with Gasteiger partial charge in [-0.05, 0) is 37.9 Å². The maximum Gasteiger partial charge on any atom is 0.255 e. The van der Waals surface area contributed by atoms with Crippen LogP contribution in [0, 0.1) is 0 Å². The molecule has 3 rings (SSSR count). The van der Waals surface area contributed by atoms with Crippen LogP contribution in [0.5, 0.6) is 0 Å². The fourth-order valence-electron chi connectivity index (χ4n) is 3.68.